The zero-order chi connectivity index (χ0) is 13.1. The first-order chi connectivity index (χ1) is 9.38. The van der Waals surface area contributed by atoms with Gasteiger partial charge in [0.15, 0.2) is 0 Å². The van der Waals surface area contributed by atoms with Crippen LogP contribution in [-0.2, 0) is 25.9 Å². The Balaban J connectivity index is 1.92. The van der Waals surface area contributed by atoms with Crippen LogP contribution in [0.1, 0.15) is 35.9 Å². The highest BCUT2D eigenvalue weighted by Gasteiger charge is 2.19. The van der Waals surface area contributed by atoms with Gasteiger partial charge in [0.05, 0.1) is 12.2 Å². The van der Waals surface area contributed by atoms with Crippen LogP contribution in [0.2, 0.25) is 0 Å². The van der Waals surface area contributed by atoms with E-state index in [4.69, 9.17) is 5.10 Å². The standard InChI is InChI=1S/C16H21N3/c1-2-6-15-14-11-17-10-9-16(14)19(18-15)12-13-7-4-3-5-8-13/h3-5,7-8,17H,2,6,9-12H2,1H3. The Bertz CT molecular complexity index is 543. The van der Waals surface area contributed by atoms with Gasteiger partial charge in [-0.05, 0) is 12.0 Å². The maximum absolute atomic E-state index is 4.85. The van der Waals surface area contributed by atoms with Crippen LogP contribution in [0.5, 0.6) is 0 Å². The minimum Gasteiger partial charge on any atom is -0.312 e. The van der Waals surface area contributed by atoms with Crippen molar-refractivity contribution in [2.75, 3.05) is 6.54 Å². The first-order valence-corrected chi connectivity index (χ1v) is 7.20. The van der Waals surface area contributed by atoms with E-state index < -0.39 is 0 Å². The predicted octanol–water partition coefficient (Wildman–Crippen LogP) is 2.53. The molecule has 19 heavy (non-hydrogen) atoms. The van der Waals surface area contributed by atoms with Gasteiger partial charge in [-0.25, -0.2) is 0 Å². The summed E-state index contributed by atoms with van der Waals surface area (Å²) in [4.78, 5) is 0. The van der Waals surface area contributed by atoms with Crippen molar-refractivity contribution >= 4 is 0 Å². The molecule has 2 aromatic rings. The molecule has 0 spiro atoms. The van der Waals surface area contributed by atoms with E-state index in [1.807, 2.05) is 0 Å². The van der Waals surface area contributed by atoms with Crippen molar-refractivity contribution in [3.05, 3.63) is 52.8 Å². The largest absolute Gasteiger partial charge is 0.312 e. The molecule has 0 amide bonds. The van der Waals surface area contributed by atoms with E-state index in [1.54, 1.807) is 0 Å². The van der Waals surface area contributed by atoms with E-state index >= 15 is 0 Å². The maximum atomic E-state index is 4.85. The van der Waals surface area contributed by atoms with Gasteiger partial charge in [-0.2, -0.15) is 5.10 Å². The summed E-state index contributed by atoms with van der Waals surface area (Å²) in [7, 11) is 0. The zero-order valence-corrected chi connectivity index (χ0v) is 11.5. The minimum absolute atomic E-state index is 0.896. The molecule has 3 rings (SSSR count). The van der Waals surface area contributed by atoms with Gasteiger partial charge in [-0.15, -0.1) is 0 Å². The minimum atomic E-state index is 0.896. The van der Waals surface area contributed by atoms with E-state index in [0.717, 1.165) is 38.9 Å². The van der Waals surface area contributed by atoms with Gasteiger partial charge in [-0.1, -0.05) is 43.7 Å². The summed E-state index contributed by atoms with van der Waals surface area (Å²) in [5.74, 6) is 0. The summed E-state index contributed by atoms with van der Waals surface area (Å²) >= 11 is 0. The van der Waals surface area contributed by atoms with Crippen molar-refractivity contribution in [3.63, 3.8) is 0 Å². The molecule has 2 heterocycles. The maximum Gasteiger partial charge on any atom is 0.0672 e. The Morgan fingerprint density at radius 3 is 2.89 bits per heavy atom. The van der Waals surface area contributed by atoms with Gasteiger partial charge in [-0.3, -0.25) is 4.68 Å². The third-order valence-corrected chi connectivity index (χ3v) is 3.75. The lowest BCUT2D eigenvalue weighted by Gasteiger charge is -2.15. The highest BCUT2D eigenvalue weighted by atomic mass is 15.3. The average molecular weight is 255 g/mol. The Hall–Kier alpha value is -1.61. The second-order valence-electron chi connectivity index (χ2n) is 5.19. The molecule has 0 atom stereocenters. The molecule has 0 saturated heterocycles. The molecule has 1 aromatic carbocycles. The van der Waals surface area contributed by atoms with Crippen molar-refractivity contribution in [3.8, 4) is 0 Å². The number of hydrogen-bond donors (Lipinski definition) is 1. The zero-order valence-electron chi connectivity index (χ0n) is 11.5. The number of fused-ring (bicyclic) bond motifs is 1. The van der Waals surface area contributed by atoms with Crippen LogP contribution in [0.15, 0.2) is 30.3 Å². The van der Waals surface area contributed by atoms with Crippen LogP contribution in [0.3, 0.4) is 0 Å². The van der Waals surface area contributed by atoms with Crippen LogP contribution in [0.4, 0.5) is 0 Å². The highest BCUT2D eigenvalue weighted by molar-refractivity contribution is 5.30. The molecule has 1 aliphatic rings. The number of nitrogens with one attached hydrogen (secondary N) is 1. The fraction of sp³-hybridized carbons (Fsp3) is 0.438. The predicted molar refractivity (Wildman–Crippen MR) is 77.2 cm³/mol. The smallest absolute Gasteiger partial charge is 0.0672 e. The van der Waals surface area contributed by atoms with Crippen LogP contribution < -0.4 is 5.32 Å². The second kappa shape index (κ2) is 5.57. The lowest BCUT2D eigenvalue weighted by Crippen LogP contribution is -2.25. The Morgan fingerprint density at radius 1 is 1.26 bits per heavy atom. The van der Waals surface area contributed by atoms with Crippen LogP contribution in [-0.4, -0.2) is 16.3 Å². The summed E-state index contributed by atoms with van der Waals surface area (Å²) in [6.45, 7) is 5.17. The van der Waals surface area contributed by atoms with E-state index in [0.29, 0.717) is 0 Å². The first kappa shape index (κ1) is 12.4. The van der Waals surface area contributed by atoms with E-state index in [-0.39, 0.29) is 0 Å². The summed E-state index contributed by atoms with van der Waals surface area (Å²) in [6, 6.07) is 10.6. The molecule has 0 fully saturated rings. The fourth-order valence-electron chi connectivity index (χ4n) is 2.82. The molecule has 100 valence electrons. The van der Waals surface area contributed by atoms with E-state index in [2.05, 4.69) is 47.3 Å². The molecule has 0 aliphatic carbocycles. The van der Waals surface area contributed by atoms with Gasteiger partial charge < -0.3 is 5.32 Å². The number of aromatic nitrogens is 2. The van der Waals surface area contributed by atoms with Crippen molar-refractivity contribution < 1.29 is 0 Å². The summed E-state index contributed by atoms with van der Waals surface area (Å²) in [6.07, 6.45) is 3.35. The molecule has 0 saturated carbocycles. The average Bonchev–Trinajstić information content (AvgIpc) is 2.79. The first-order valence-electron chi connectivity index (χ1n) is 7.20. The molecular weight excluding hydrogens is 234 g/mol. The molecular formula is C16H21N3. The SMILES string of the molecule is CCCc1nn(Cc2ccccc2)c2c1CNCC2. The molecule has 1 aromatic heterocycles. The van der Waals surface area contributed by atoms with E-state index in [1.165, 1.54) is 22.5 Å². The normalized spacial score (nSPS) is 14.4. The second-order valence-corrected chi connectivity index (χ2v) is 5.19. The molecule has 0 radical (unpaired) electrons. The lowest BCUT2D eigenvalue weighted by atomic mass is 10.0. The van der Waals surface area contributed by atoms with Crippen LogP contribution >= 0.6 is 0 Å². The summed E-state index contributed by atoms with van der Waals surface area (Å²) < 4.78 is 2.22. The highest BCUT2D eigenvalue weighted by Crippen LogP contribution is 2.20. The Labute approximate surface area is 114 Å². The molecule has 0 unspecified atom stereocenters. The summed E-state index contributed by atoms with van der Waals surface area (Å²) in [5, 5.41) is 8.32. The number of rotatable bonds is 4. The summed E-state index contributed by atoms with van der Waals surface area (Å²) in [5.41, 5.74) is 5.50. The number of aryl methyl sites for hydroxylation is 1. The number of hydrogen-bond acceptors (Lipinski definition) is 2. The van der Waals surface area contributed by atoms with Crippen molar-refractivity contribution in [1.29, 1.82) is 0 Å². The Kier molecular flexibility index (Phi) is 3.65. The molecule has 0 bridgehead atoms. The van der Waals surface area contributed by atoms with Gasteiger partial charge in [0, 0.05) is 30.8 Å². The van der Waals surface area contributed by atoms with Crippen molar-refractivity contribution in [1.82, 2.24) is 15.1 Å². The monoisotopic (exact) mass is 255 g/mol. The van der Waals surface area contributed by atoms with Crippen molar-refractivity contribution in [2.24, 2.45) is 0 Å². The molecule has 3 heteroatoms. The van der Waals surface area contributed by atoms with Gasteiger partial charge in [0.1, 0.15) is 0 Å². The number of benzene rings is 1. The number of nitrogens with zero attached hydrogens (tertiary/aromatic N) is 2. The van der Waals surface area contributed by atoms with Crippen molar-refractivity contribution in [2.45, 2.75) is 39.3 Å². The van der Waals surface area contributed by atoms with Gasteiger partial charge >= 0.3 is 0 Å². The topological polar surface area (TPSA) is 29.9 Å². The Morgan fingerprint density at radius 2 is 2.11 bits per heavy atom. The van der Waals surface area contributed by atoms with Crippen LogP contribution in [0, 0.1) is 0 Å². The molecule has 1 aliphatic heterocycles. The quantitative estimate of drug-likeness (QED) is 0.910. The third kappa shape index (κ3) is 2.56. The van der Waals surface area contributed by atoms with Gasteiger partial charge in [0.25, 0.3) is 0 Å². The van der Waals surface area contributed by atoms with Gasteiger partial charge in [0.2, 0.25) is 0 Å². The third-order valence-electron chi connectivity index (χ3n) is 3.75. The molecule has 1 N–H and O–H groups in total. The van der Waals surface area contributed by atoms with Crippen LogP contribution in [0.25, 0.3) is 0 Å². The lowest BCUT2D eigenvalue weighted by molar-refractivity contribution is 0.582. The fourth-order valence-corrected chi connectivity index (χ4v) is 2.82. The van der Waals surface area contributed by atoms with E-state index in [9.17, 15) is 0 Å². The molecule has 3 nitrogen and oxygen atoms in total.